The number of urea groups is 1. The first kappa shape index (κ1) is 18.2. The summed E-state index contributed by atoms with van der Waals surface area (Å²) in [6, 6.07) is 6.88. The lowest BCUT2D eigenvalue weighted by atomic mass is 9.81. The molecule has 26 heavy (non-hydrogen) atoms. The third-order valence-corrected chi connectivity index (χ3v) is 5.63. The van der Waals surface area contributed by atoms with Gasteiger partial charge in [-0.1, -0.05) is 18.6 Å². The van der Waals surface area contributed by atoms with Crippen LogP contribution in [0.3, 0.4) is 0 Å². The molecular formula is C19H25N3O4. The first-order chi connectivity index (χ1) is 12.3. The zero-order chi connectivity index (χ0) is 18.9. The lowest BCUT2D eigenvalue weighted by Gasteiger charge is -2.23. The van der Waals surface area contributed by atoms with Gasteiger partial charge in [-0.3, -0.25) is 9.59 Å². The number of amides is 3. The van der Waals surface area contributed by atoms with E-state index in [1.807, 2.05) is 12.1 Å². The summed E-state index contributed by atoms with van der Waals surface area (Å²) in [6.45, 7) is 1.14. The van der Waals surface area contributed by atoms with Gasteiger partial charge in [0.2, 0.25) is 0 Å². The van der Waals surface area contributed by atoms with E-state index in [0.29, 0.717) is 25.1 Å². The monoisotopic (exact) mass is 359 g/mol. The molecule has 0 aromatic heterocycles. The number of likely N-dealkylation sites (tertiary alicyclic amines) is 1. The fraction of sp³-hybridized carbons (Fsp3) is 0.526. The topological polar surface area (TPSA) is 90.0 Å². The summed E-state index contributed by atoms with van der Waals surface area (Å²) >= 11 is 0. The van der Waals surface area contributed by atoms with Gasteiger partial charge in [-0.25, -0.2) is 4.79 Å². The quantitative estimate of drug-likeness (QED) is 0.857. The summed E-state index contributed by atoms with van der Waals surface area (Å²) in [4.78, 5) is 39.2. The number of nitrogens with zero attached hydrogens (tertiary/aromatic N) is 2. The number of hydrogen-bond donors (Lipinski definition) is 2. The fourth-order valence-electron chi connectivity index (χ4n) is 4.11. The van der Waals surface area contributed by atoms with Gasteiger partial charge in [0.25, 0.3) is 5.91 Å². The number of carbonyl (C=O) groups excluding carboxylic acids is 2. The summed E-state index contributed by atoms with van der Waals surface area (Å²) in [6.07, 6.45) is 2.44. The molecule has 1 aliphatic carbocycles. The molecule has 1 aliphatic heterocycles. The maximum absolute atomic E-state index is 12.4. The van der Waals surface area contributed by atoms with Crippen molar-refractivity contribution >= 4 is 17.9 Å². The molecule has 0 unspecified atom stereocenters. The molecule has 0 radical (unpaired) electrons. The van der Waals surface area contributed by atoms with Crippen LogP contribution < -0.4 is 5.32 Å². The molecule has 1 aromatic rings. The van der Waals surface area contributed by atoms with E-state index >= 15 is 0 Å². The molecule has 0 spiro atoms. The zero-order valence-electron chi connectivity index (χ0n) is 15.2. The van der Waals surface area contributed by atoms with Gasteiger partial charge in [0.15, 0.2) is 0 Å². The highest BCUT2D eigenvalue weighted by molar-refractivity contribution is 5.93. The molecule has 2 fully saturated rings. The van der Waals surface area contributed by atoms with E-state index in [2.05, 4.69) is 5.32 Å². The van der Waals surface area contributed by atoms with Crippen LogP contribution in [0.15, 0.2) is 24.3 Å². The van der Waals surface area contributed by atoms with Crippen molar-refractivity contribution in [1.82, 2.24) is 15.1 Å². The molecule has 1 heterocycles. The second-order valence-electron chi connectivity index (χ2n) is 7.49. The Bertz CT molecular complexity index is 716. The second kappa shape index (κ2) is 6.97. The molecule has 2 atom stereocenters. The van der Waals surface area contributed by atoms with Crippen molar-refractivity contribution in [3.05, 3.63) is 35.4 Å². The van der Waals surface area contributed by atoms with Crippen LogP contribution in [0, 0.1) is 11.3 Å². The molecule has 1 aromatic carbocycles. The lowest BCUT2D eigenvalue weighted by Crippen LogP contribution is -2.41. The molecule has 7 heteroatoms. The number of rotatable bonds is 4. The summed E-state index contributed by atoms with van der Waals surface area (Å²) in [5.41, 5.74) is 0.729. The first-order valence-corrected chi connectivity index (χ1v) is 8.90. The van der Waals surface area contributed by atoms with E-state index in [1.165, 1.54) is 4.90 Å². The van der Waals surface area contributed by atoms with E-state index in [-0.39, 0.29) is 24.4 Å². The van der Waals surface area contributed by atoms with Crippen molar-refractivity contribution in [3.63, 3.8) is 0 Å². The lowest BCUT2D eigenvalue weighted by molar-refractivity contribution is -0.149. The van der Waals surface area contributed by atoms with Crippen molar-refractivity contribution in [1.29, 1.82) is 0 Å². The van der Waals surface area contributed by atoms with E-state index in [0.717, 1.165) is 18.4 Å². The van der Waals surface area contributed by atoms with Crippen LogP contribution in [-0.4, -0.2) is 60.0 Å². The number of hydrogen-bond acceptors (Lipinski definition) is 3. The highest BCUT2D eigenvalue weighted by Crippen LogP contribution is 2.48. The number of nitrogens with one attached hydrogen (secondary N) is 1. The fourth-order valence-corrected chi connectivity index (χ4v) is 4.11. The molecule has 3 amide bonds. The standard InChI is InChI=1S/C19H25N3O4/c1-21(2)16(23)14-7-5-13(6-8-14)10-20-18(26)22-11-15-4-3-9-19(15,12-22)17(24)25/h5-8,15H,3-4,9-12H2,1-2H3,(H,20,26)(H,24,25)/t15-,19+/m0/s1. The Hall–Kier alpha value is -2.57. The van der Waals surface area contributed by atoms with Crippen molar-refractivity contribution in [2.75, 3.05) is 27.2 Å². The minimum Gasteiger partial charge on any atom is -0.481 e. The molecule has 2 N–H and O–H groups in total. The number of benzene rings is 1. The number of fused-ring (bicyclic) bond motifs is 1. The summed E-state index contributed by atoms with van der Waals surface area (Å²) in [5.74, 6) is -0.790. The van der Waals surface area contributed by atoms with Gasteiger partial charge in [0, 0.05) is 39.3 Å². The first-order valence-electron chi connectivity index (χ1n) is 8.90. The number of carboxylic acid groups (broad SMARTS) is 1. The van der Waals surface area contributed by atoms with Crippen LogP contribution in [0.5, 0.6) is 0 Å². The van der Waals surface area contributed by atoms with Crippen molar-refractivity contribution in [2.45, 2.75) is 25.8 Å². The van der Waals surface area contributed by atoms with E-state index in [1.54, 1.807) is 31.1 Å². The van der Waals surface area contributed by atoms with Crippen LogP contribution in [0.1, 0.15) is 35.2 Å². The Morgan fingerprint density at radius 3 is 2.54 bits per heavy atom. The third-order valence-electron chi connectivity index (χ3n) is 5.63. The van der Waals surface area contributed by atoms with Crippen LogP contribution >= 0.6 is 0 Å². The van der Waals surface area contributed by atoms with Gasteiger partial charge >= 0.3 is 12.0 Å². The molecule has 1 saturated heterocycles. The number of aliphatic carboxylic acids is 1. The zero-order valence-corrected chi connectivity index (χ0v) is 15.2. The van der Waals surface area contributed by atoms with Gasteiger partial charge < -0.3 is 20.2 Å². The third kappa shape index (κ3) is 3.25. The van der Waals surface area contributed by atoms with Crippen LogP contribution in [0.4, 0.5) is 4.79 Å². The average Bonchev–Trinajstić information content (AvgIpc) is 3.18. The molecule has 2 aliphatic rings. The second-order valence-corrected chi connectivity index (χ2v) is 7.49. The van der Waals surface area contributed by atoms with Gasteiger partial charge in [0.05, 0.1) is 5.41 Å². The average molecular weight is 359 g/mol. The van der Waals surface area contributed by atoms with Crippen LogP contribution in [0.2, 0.25) is 0 Å². The Labute approximate surface area is 153 Å². The van der Waals surface area contributed by atoms with Gasteiger partial charge in [-0.2, -0.15) is 0 Å². The SMILES string of the molecule is CN(C)C(=O)c1ccc(CNC(=O)N2C[C@@H]3CCC[C@@]3(C(=O)O)C2)cc1. The highest BCUT2D eigenvalue weighted by Gasteiger charge is 2.55. The maximum Gasteiger partial charge on any atom is 0.317 e. The normalized spacial score (nSPS) is 24.2. The van der Waals surface area contributed by atoms with Gasteiger partial charge in [-0.15, -0.1) is 0 Å². The van der Waals surface area contributed by atoms with Crippen LogP contribution in [-0.2, 0) is 11.3 Å². The Morgan fingerprint density at radius 2 is 1.96 bits per heavy atom. The predicted molar refractivity (Wildman–Crippen MR) is 95.7 cm³/mol. The smallest absolute Gasteiger partial charge is 0.317 e. The van der Waals surface area contributed by atoms with Crippen molar-refractivity contribution in [3.8, 4) is 0 Å². The highest BCUT2D eigenvalue weighted by atomic mass is 16.4. The molecule has 140 valence electrons. The molecule has 1 saturated carbocycles. The predicted octanol–water partition coefficient (Wildman–Crippen LogP) is 1.78. The van der Waals surface area contributed by atoms with Crippen molar-refractivity contribution < 1.29 is 19.5 Å². The number of carboxylic acids is 1. The Kier molecular flexibility index (Phi) is 4.89. The molecule has 7 nitrogen and oxygen atoms in total. The molecule has 3 rings (SSSR count). The number of carbonyl (C=O) groups is 3. The van der Waals surface area contributed by atoms with Gasteiger partial charge in [-0.05, 0) is 36.5 Å². The van der Waals surface area contributed by atoms with E-state index in [4.69, 9.17) is 0 Å². The minimum absolute atomic E-state index is 0.0575. The van der Waals surface area contributed by atoms with Crippen molar-refractivity contribution in [2.24, 2.45) is 11.3 Å². The van der Waals surface area contributed by atoms with Gasteiger partial charge in [0.1, 0.15) is 0 Å². The maximum atomic E-state index is 12.4. The largest absolute Gasteiger partial charge is 0.481 e. The van der Waals surface area contributed by atoms with E-state index in [9.17, 15) is 19.5 Å². The molecule has 0 bridgehead atoms. The Morgan fingerprint density at radius 1 is 1.27 bits per heavy atom. The Balaban J connectivity index is 1.56. The summed E-state index contributed by atoms with van der Waals surface area (Å²) in [7, 11) is 3.40. The molecular weight excluding hydrogens is 334 g/mol. The van der Waals surface area contributed by atoms with Crippen LogP contribution in [0.25, 0.3) is 0 Å². The summed E-state index contributed by atoms with van der Waals surface area (Å²) in [5, 5.41) is 12.5. The van der Waals surface area contributed by atoms with E-state index < -0.39 is 11.4 Å². The minimum atomic E-state index is -0.781. The summed E-state index contributed by atoms with van der Waals surface area (Å²) < 4.78 is 0.